The smallest absolute Gasteiger partial charge is 0.255 e. The minimum absolute atomic E-state index is 0.106. The SMILES string of the molecule is NC(=O)C(CCO)N1Cc2cc(OC3CCCCC3=O)ccc2C1=O. The van der Waals surface area contributed by atoms with E-state index in [2.05, 4.69) is 0 Å². The van der Waals surface area contributed by atoms with Crippen LogP contribution in [0, 0.1) is 0 Å². The molecule has 1 aliphatic heterocycles. The Morgan fingerprint density at radius 2 is 2.16 bits per heavy atom. The fourth-order valence-electron chi connectivity index (χ4n) is 3.46. The number of nitrogens with zero attached hydrogens (tertiary/aromatic N) is 1. The number of ether oxygens (including phenoxy) is 1. The Morgan fingerprint density at radius 3 is 2.84 bits per heavy atom. The van der Waals surface area contributed by atoms with Gasteiger partial charge in [-0.25, -0.2) is 0 Å². The summed E-state index contributed by atoms with van der Waals surface area (Å²) in [6, 6.07) is 4.23. The molecule has 0 radical (unpaired) electrons. The molecule has 0 bridgehead atoms. The summed E-state index contributed by atoms with van der Waals surface area (Å²) in [6.07, 6.45) is 2.81. The van der Waals surface area contributed by atoms with Crippen molar-refractivity contribution in [2.45, 2.75) is 50.8 Å². The van der Waals surface area contributed by atoms with E-state index in [4.69, 9.17) is 15.6 Å². The second-order valence-corrected chi connectivity index (χ2v) is 6.50. The molecule has 0 spiro atoms. The second-order valence-electron chi connectivity index (χ2n) is 6.50. The van der Waals surface area contributed by atoms with Crippen molar-refractivity contribution in [2.75, 3.05) is 6.61 Å². The summed E-state index contributed by atoms with van der Waals surface area (Å²) in [6.45, 7) is 0.00344. The molecule has 2 unspecified atom stereocenters. The number of benzene rings is 1. The zero-order valence-electron chi connectivity index (χ0n) is 13.9. The topological polar surface area (TPSA) is 110 Å². The highest BCUT2D eigenvalue weighted by molar-refractivity contribution is 6.01. The van der Waals surface area contributed by atoms with Crippen molar-refractivity contribution in [3.8, 4) is 5.75 Å². The highest BCUT2D eigenvalue weighted by Crippen LogP contribution is 2.30. The maximum atomic E-state index is 12.5. The first-order chi connectivity index (χ1) is 12.0. The lowest BCUT2D eigenvalue weighted by atomic mass is 9.96. The molecule has 7 heteroatoms. The number of amides is 2. The predicted octanol–water partition coefficient (Wildman–Crippen LogP) is 0.769. The zero-order valence-corrected chi connectivity index (χ0v) is 13.9. The Hall–Kier alpha value is -2.41. The molecular weight excluding hydrogens is 324 g/mol. The molecule has 25 heavy (non-hydrogen) atoms. The van der Waals surface area contributed by atoms with Gasteiger partial charge in [0.05, 0.1) is 0 Å². The quantitative estimate of drug-likeness (QED) is 0.790. The number of aliphatic hydroxyl groups excluding tert-OH is 1. The van der Waals surface area contributed by atoms with Crippen LogP contribution in [0.25, 0.3) is 0 Å². The first-order valence-corrected chi connectivity index (χ1v) is 8.54. The molecule has 134 valence electrons. The van der Waals surface area contributed by atoms with Gasteiger partial charge in [-0.1, -0.05) is 0 Å². The molecule has 3 N–H and O–H groups in total. The molecule has 1 aromatic rings. The van der Waals surface area contributed by atoms with Gasteiger partial charge < -0.3 is 20.5 Å². The Morgan fingerprint density at radius 1 is 1.36 bits per heavy atom. The summed E-state index contributed by atoms with van der Waals surface area (Å²) in [7, 11) is 0. The van der Waals surface area contributed by atoms with Crippen LogP contribution >= 0.6 is 0 Å². The molecule has 2 amide bonds. The molecule has 2 atom stereocenters. The lowest BCUT2D eigenvalue weighted by Gasteiger charge is -2.24. The van der Waals surface area contributed by atoms with E-state index in [1.54, 1.807) is 18.2 Å². The molecule has 7 nitrogen and oxygen atoms in total. The Labute approximate surface area is 145 Å². The highest BCUT2D eigenvalue weighted by Gasteiger charge is 2.35. The van der Waals surface area contributed by atoms with Crippen molar-refractivity contribution < 1.29 is 24.2 Å². The van der Waals surface area contributed by atoms with Gasteiger partial charge in [0, 0.05) is 25.1 Å². The van der Waals surface area contributed by atoms with Crippen LogP contribution in [-0.4, -0.2) is 46.4 Å². The maximum absolute atomic E-state index is 12.5. The van der Waals surface area contributed by atoms with Gasteiger partial charge in [0.2, 0.25) is 5.91 Å². The summed E-state index contributed by atoms with van der Waals surface area (Å²) in [5.74, 6) is -0.264. The molecule has 0 saturated heterocycles. The zero-order chi connectivity index (χ0) is 18.0. The van der Waals surface area contributed by atoms with Crippen molar-refractivity contribution >= 4 is 17.6 Å². The Bertz CT molecular complexity index is 703. The van der Waals surface area contributed by atoms with Gasteiger partial charge in [-0.2, -0.15) is 0 Å². The number of fused-ring (bicyclic) bond motifs is 1. The number of hydrogen-bond acceptors (Lipinski definition) is 5. The van der Waals surface area contributed by atoms with Crippen molar-refractivity contribution in [1.29, 1.82) is 0 Å². The average Bonchev–Trinajstić information content (AvgIpc) is 2.90. The van der Waals surface area contributed by atoms with Crippen molar-refractivity contribution in [2.24, 2.45) is 5.73 Å². The predicted molar refractivity (Wildman–Crippen MR) is 88.9 cm³/mol. The number of primary amides is 1. The lowest BCUT2D eigenvalue weighted by Crippen LogP contribution is -2.45. The van der Waals surface area contributed by atoms with E-state index in [0.717, 1.165) is 18.4 Å². The van der Waals surface area contributed by atoms with Gasteiger partial charge in [-0.3, -0.25) is 14.4 Å². The van der Waals surface area contributed by atoms with Gasteiger partial charge >= 0.3 is 0 Å². The van der Waals surface area contributed by atoms with Gasteiger partial charge in [-0.05, 0) is 49.4 Å². The monoisotopic (exact) mass is 346 g/mol. The number of ketones is 1. The van der Waals surface area contributed by atoms with Crippen LogP contribution in [0.4, 0.5) is 0 Å². The standard InChI is InChI=1S/C18H22N2O5/c19-17(23)14(7-8-21)20-10-11-9-12(5-6-13(11)18(20)24)25-16-4-2-1-3-15(16)22/h5-6,9,14,16,21H,1-4,7-8,10H2,(H2,19,23). The van der Waals surface area contributed by atoms with E-state index < -0.39 is 18.1 Å². The van der Waals surface area contributed by atoms with Gasteiger partial charge in [-0.15, -0.1) is 0 Å². The van der Waals surface area contributed by atoms with Crippen LogP contribution in [0.5, 0.6) is 5.75 Å². The van der Waals surface area contributed by atoms with E-state index in [1.165, 1.54) is 4.90 Å². The number of aliphatic hydroxyl groups is 1. The molecule has 1 heterocycles. The number of nitrogens with two attached hydrogens (primary N) is 1. The number of carbonyl (C=O) groups excluding carboxylic acids is 3. The molecule has 0 aromatic heterocycles. The minimum Gasteiger partial charge on any atom is -0.483 e. The van der Waals surface area contributed by atoms with E-state index in [0.29, 0.717) is 24.2 Å². The maximum Gasteiger partial charge on any atom is 0.255 e. The van der Waals surface area contributed by atoms with E-state index in [-0.39, 0.29) is 31.3 Å². The van der Waals surface area contributed by atoms with Crippen LogP contribution in [-0.2, 0) is 16.1 Å². The largest absolute Gasteiger partial charge is 0.483 e. The fraction of sp³-hybridized carbons (Fsp3) is 0.500. The number of rotatable bonds is 6. The number of Topliss-reactive ketones (excluding diaryl/α,β-unsaturated/α-hetero) is 1. The highest BCUT2D eigenvalue weighted by atomic mass is 16.5. The summed E-state index contributed by atoms with van der Waals surface area (Å²) in [5.41, 5.74) is 6.59. The molecular formula is C18H22N2O5. The van der Waals surface area contributed by atoms with Gasteiger partial charge in [0.1, 0.15) is 11.8 Å². The van der Waals surface area contributed by atoms with Crippen LogP contribution in [0.2, 0.25) is 0 Å². The molecule has 1 aromatic carbocycles. The van der Waals surface area contributed by atoms with E-state index in [1.807, 2.05) is 0 Å². The number of hydrogen-bond donors (Lipinski definition) is 2. The third-order valence-corrected chi connectivity index (χ3v) is 4.79. The first kappa shape index (κ1) is 17.4. The molecule has 1 aliphatic carbocycles. The normalized spacial score (nSPS) is 21.2. The third kappa shape index (κ3) is 3.51. The molecule has 1 saturated carbocycles. The molecule has 3 rings (SSSR count). The lowest BCUT2D eigenvalue weighted by molar-refractivity contribution is -0.127. The average molecular weight is 346 g/mol. The Balaban J connectivity index is 1.77. The van der Waals surface area contributed by atoms with Crippen molar-refractivity contribution in [3.05, 3.63) is 29.3 Å². The second kappa shape index (κ2) is 7.23. The minimum atomic E-state index is -0.839. The van der Waals surface area contributed by atoms with Crippen LogP contribution in [0.1, 0.15) is 48.0 Å². The summed E-state index contributed by atoms with van der Waals surface area (Å²) < 4.78 is 5.81. The van der Waals surface area contributed by atoms with E-state index >= 15 is 0 Å². The summed E-state index contributed by atoms with van der Waals surface area (Å²) in [4.78, 5) is 37.4. The summed E-state index contributed by atoms with van der Waals surface area (Å²) in [5, 5.41) is 9.10. The van der Waals surface area contributed by atoms with E-state index in [9.17, 15) is 14.4 Å². The molecule has 1 fully saturated rings. The van der Waals surface area contributed by atoms with Crippen molar-refractivity contribution in [1.82, 2.24) is 4.90 Å². The summed E-state index contributed by atoms with van der Waals surface area (Å²) >= 11 is 0. The number of carbonyl (C=O) groups is 3. The van der Waals surface area contributed by atoms with Gasteiger partial charge in [0.25, 0.3) is 5.91 Å². The molecule has 2 aliphatic rings. The van der Waals surface area contributed by atoms with Crippen LogP contribution in [0.15, 0.2) is 18.2 Å². The Kier molecular flexibility index (Phi) is 5.03. The van der Waals surface area contributed by atoms with Crippen molar-refractivity contribution in [3.63, 3.8) is 0 Å². The van der Waals surface area contributed by atoms with Crippen LogP contribution < -0.4 is 10.5 Å². The third-order valence-electron chi connectivity index (χ3n) is 4.79. The van der Waals surface area contributed by atoms with Crippen LogP contribution in [0.3, 0.4) is 0 Å². The first-order valence-electron chi connectivity index (χ1n) is 8.54. The fourth-order valence-corrected chi connectivity index (χ4v) is 3.46. The van der Waals surface area contributed by atoms with Gasteiger partial charge in [0.15, 0.2) is 11.9 Å².